The Morgan fingerprint density at radius 3 is 2.64 bits per heavy atom. The van der Waals surface area contributed by atoms with E-state index in [1.807, 2.05) is 0 Å². The summed E-state index contributed by atoms with van der Waals surface area (Å²) < 4.78 is 5.15. The minimum absolute atomic E-state index is 0.0591. The van der Waals surface area contributed by atoms with Crippen molar-refractivity contribution >= 4 is 29.5 Å². The van der Waals surface area contributed by atoms with Gasteiger partial charge >= 0.3 is 5.63 Å². The molecule has 0 saturated carbocycles. The Hall–Kier alpha value is -3.21. The van der Waals surface area contributed by atoms with Gasteiger partial charge in [-0.25, -0.2) is 9.78 Å². The van der Waals surface area contributed by atoms with Crippen LogP contribution in [-0.2, 0) is 0 Å². The molecule has 0 radical (unpaired) electrons. The molecule has 0 aliphatic rings. The monoisotopic (exact) mass is 293 g/mol. The van der Waals surface area contributed by atoms with Gasteiger partial charge < -0.3 is 9.52 Å². The van der Waals surface area contributed by atoms with E-state index in [4.69, 9.17) is 4.42 Å². The van der Waals surface area contributed by atoms with Crippen molar-refractivity contribution in [3.63, 3.8) is 0 Å². The van der Waals surface area contributed by atoms with Gasteiger partial charge in [0.2, 0.25) is 0 Å². The minimum Gasteiger partial charge on any atom is -0.508 e. The van der Waals surface area contributed by atoms with Gasteiger partial charge in [-0.3, -0.25) is 4.79 Å². The predicted molar refractivity (Wildman–Crippen MR) is 82.0 cm³/mol. The topological polar surface area (TPSA) is 80.4 Å². The molecule has 0 aliphatic carbocycles. The van der Waals surface area contributed by atoms with Crippen LogP contribution in [0.3, 0.4) is 0 Å². The van der Waals surface area contributed by atoms with Gasteiger partial charge in [0.25, 0.3) is 0 Å². The number of nitrogens with zero attached hydrogens (tertiary/aromatic N) is 1. The predicted octanol–water partition coefficient (Wildman–Crippen LogP) is 0.967. The maximum absolute atomic E-state index is 12.1. The maximum atomic E-state index is 12.1. The number of benzene rings is 2. The second-order valence-corrected chi connectivity index (χ2v) is 4.74. The molecule has 5 nitrogen and oxygen atoms in total. The van der Waals surface area contributed by atoms with Crippen LogP contribution in [0.15, 0.2) is 51.7 Å². The lowest BCUT2D eigenvalue weighted by atomic mass is 10.1. The number of phenols is 1. The molecule has 1 N–H and O–H groups in total. The molecule has 2 aromatic carbocycles. The SMILES string of the molecule is C=c1ccc2n/c(=C\C(=O)c3ccc(O)cc3)c(=O)oc2c1. The number of ketones is 1. The van der Waals surface area contributed by atoms with Crippen molar-refractivity contribution in [1.29, 1.82) is 0 Å². The number of Topliss-reactive ketones (excluding diaryl/α,β-unsaturated/α-hetero) is 1. The van der Waals surface area contributed by atoms with Crippen molar-refractivity contribution in [1.82, 2.24) is 4.98 Å². The number of hydrogen-bond donors (Lipinski definition) is 1. The molecule has 0 atom stereocenters. The molecule has 0 unspecified atom stereocenters. The third kappa shape index (κ3) is 2.64. The van der Waals surface area contributed by atoms with Crippen LogP contribution in [0.5, 0.6) is 5.75 Å². The van der Waals surface area contributed by atoms with Crippen molar-refractivity contribution in [2.75, 3.05) is 0 Å². The summed E-state index contributed by atoms with van der Waals surface area (Å²) in [6.07, 6.45) is 1.12. The van der Waals surface area contributed by atoms with E-state index >= 15 is 0 Å². The summed E-state index contributed by atoms with van der Waals surface area (Å²) in [6.45, 7) is 3.75. The van der Waals surface area contributed by atoms with E-state index in [1.54, 1.807) is 18.2 Å². The number of hydrogen-bond acceptors (Lipinski definition) is 5. The highest BCUT2D eigenvalue weighted by atomic mass is 16.4. The summed E-state index contributed by atoms with van der Waals surface area (Å²) in [6, 6.07) is 10.7. The number of rotatable bonds is 2. The van der Waals surface area contributed by atoms with E-state index in [2.05, 4.69) is 11.6 Å². The van der Waals surface area contributed by atoms with Gasteiger partial charge in [-0.1, -0.05) is 12.6 Å². The lowest BCUT2D eigenvalue weighted by Crippen LogP contribution is -2.28. The molecule has 0 fully saturated rings. The Kier molecular flexibility index (Phi) is 3.31. The normalized spacial score (nSPS) is 11.7. The Labute approximate surface area is 124 Å². The first-order valence-electron chi connectivity index (χ1n) is 6.48. The van der Waals surface area contributed by atoms with Crippen LogP contribution in [0.2, 0.25) is 0 Å². The zero-order valence-corrected chi connectivity index (χ0v) is 11.4. The highest BCUT2D eigenvalue weighted by Gasteiger charge is 2.06. The lowest BCUT2D eigenvalue weighted by molar-refractivity contribution is 0.106. The third-order valence-electron chi connectivity index (χ3n) is 3.10. The second kappa shape index (κ2) is 5.29. The first-order chi connectivity index (χ1) is 10.5. The van der Waals surface area contributed by atoms with Gasteiger partial charge in [-0.15, -0.1) is 0 Å². The molecular weight excluding hydrogens is 282 g/mol. The van der Waals surface area contributed by atoms with E-state index in [1.165, 1.54) is 24.3 Å². The lowest BCUT2D eigenvalue weighted by Gasteiger charge is -1.97. The Morgan fingerprint density at radius 2 is 1.91 bits per heavy atom. The van der Waals surface area contributed by atoms with Crippen LogP contribution in [0.25, 0.3) is 23.8 Å². The zero-order chi connectivity index (χ0) is 15.7. The number of carbonyl (C=O) groups is 1. The van der Waals surface area contributed by atoms with Gasteiger partial charge in [0.05, 0.1) is 0 Å². The fourth-order valence-electron chi connectivity index (χ4n) is 1.98. The molecule has 1 aromatic heterocycles. The second-order valence-electron chi connectivity index (χ2n) is 4.74. The third-order valence-corrected chi connectivity index (χ3v) is 3.10. The van der Waals surface area contributed by atoms with Crippen molar-refractivity contribution in [3.05, 3.63) is 69.0 Å². The average molecular weight is 293 g/mol. The molecule has 0 bridgehead atoms. The number of phenolic OH excluding ortho intramolecular Hbond substituents is 1. The summed E-state index contributed by atoms with van der Waals surface area (Å²) in [5.41, 5.74) is 0.445. The number of aromatic nitrogens is 1. The smallest absolute Gasteiger partial charge is 0.362 e. The molecular formula is C17H11NO4. The summed E-state index contributed by atoms with van der Waals surface area (Å²) in [4.78, 5) is 28.1. The number of carbonyl (C=O) groups excluding carboxylic acids is 1. The van der Waals surface area contributed by atoms with Gasteiger partial charge in [0.1, 0.15) is 11.3 Å². The van der Waals surface area contributed by atoms with E-state index in [-0.39, 0.29) is 11.1 Å². The number of aromatic hydroxyl groups is 1. The Balaban J connectivity index is 2.12. The molecule has 0 aliphatic heterocycles. The largest absolute Gasteiger partial charge is 0.508 e. The number of fused-ring (bicyclic) bond motifs is 1. The standard InChI is InChI=1S/C17H11NO4/c1-10-2-7-13-16(8-10)22-17(21)14(18-13)9-15(20)11-3-5-12(19)6-4-11/h2-9,19H,1H2/b14-9-. The van der Waals surface area contributed by atoms with Gasteiger partial charge in [-0.05, 0) is 41.6 Å². The highest BCUT2D eigenvalue weighted by Crippen LogP contribution is 2.10. The highest BCUT2D eigenvalue weighted by molar-refractivity contribution is 6.17. The Bertz CT molecular complexity index is 1030. The van der Waals surface area contributed by atoms with Crippen LogP contribution in [0.1, 0.15) is 10.4 Å². The average Bonchev–Trinajstić information content (AvgIpc) is 2.49. The van der Waals surface area contributed by atoms with E-state index in [0.29, 0.717) is 21.9 Å². The molecule has 3 rings (SSSR count). The molecule has 3 aromatic rings. The van der Waals surface area contributed by atoms with Crippen molar-refractivity contribution in [2.45, 2.75) is 0 Å². The molecule has 0 spiro atoms. The van der Waals surface area contributed by atoms with Crippen LogP contribution in [-0.4, -0.2) is 15.9 Å². The molecule has 1 heterocycles. The van der Waals surface area contributed by atoms with Crippen molar-refractivity contribution in [3.8, 4) is 5.75 Å². The van der Waals surface area contributed by atoms with Crippen molar-refractivity contribution in [2.24, 2.45) is 0 Å². The molecule has 5 heteroatoms. The van der Waals surface area contributed by atoms with Crippen LogP contribution in [0.4, 0.5) is 0 Å². The quantitative estimate of drug-likeness (QED) is 0.712. The van der Waals surface area contributed by atoms with E-state index in [0.717, 1.165) is 6.08 Å². The maximum Gasteiger partial charge on any atom is 0.362 e. The van der Waals surface area contributed by atoms with E-state index in [9.17, 15) is 14.7 Å². The molecule has 22 heavy (non-hydrogen) atoms. The summed E-state index contributed by atoms with van der Waals surface area (Å²) in [5.74, 6) is -0.336. The van der Waals surface area contributed by atoms with Gasteiger partial charge in [0, 0.05) is 11.6 Å². The molecule has 0 amide bonds. The summed E-state index contributed by atoms with van der Waals surface area (Å²) in [7, 11) is 0. The molecule has 108 valence electrons. The fourth-order valence-corrected chi connectivity index (χ4v) is 1.98. The zero-order valence-electron chi connectivity index (χ0n) is 11.4. The fraction of sp³-hybridized carbons (Fsp3) is 0. The van der Waals surface area contributed by atoms with E-state index < -0.39 is 11.4 Å². The first kappa shape index (κ1) is 13.8. The van der Waals surface area contributed by atoms with Crippen LogP contribution < -0.4 is 16.2 Å². The van der Waals surface area contributed by atoms with Gasteiger partial charge in [0.15, 0.2) is 16.7 Å². The first-order valence-corrected chi connectivity index (χ1v) is 6.48. The summed E-state index contributed by atoms with van der Waals surface area (Å²) >= 11 is 0. The van der Waals surface area contributed by atoms with Crippen molar-refractivity contribution < 1.29 is 14.3 Å². The minimum atomic E-state index is -0.690. The Morgan fingerprint density at radius 1 is 1.18 bits per heavy atom. The molecule has 0 saturated heterocycles. The van der Waals surface area contributed by atoms with Crippen LogP contribution >= 0.6 is 0 Å². The van der Waals surface area contributed by atoms with Gasteiger partial charge in [-0.2, -0.15) is 0 Å². The summed E-state index contributed by atoms with van der Waals surface area (Å²) in [5, 5.41) is 9.84. The van der Waals surface area contributed by atoms with Crippen LogP contribution in [0, 0.1) is 0 Å².